The smallest absolute Gasteiger partial charge is 0.0945 e. The Labute approximate surface area is 118 Å². The van der Waals surface area contributed by atoms with Gasteiger partial charge in [0.1, 0.15) is 0 Å². The Kier molecular flexibility index (Phi) is 4.20. The van der Waals surface area contributed by atoms with Crippen LogP contribution >= 0.6 is 11.8 Å². The lowest BCUT2D eigenvalue weighted by Gasteiger charge is -2.26. The molecule has 4 heteroatoms. The molecule has 2 aromatic rings. The van der Waals surface area contributed by atoms with Gasteiger partial charge in [0.25, 0.3) is 0 Å². The van der Waals surface area contributed by atoms with Gasteiger partial charge in [0, 0.05) is 36.5 Å². The van der Waals surface area contributed by atoms with Crippen molar-refractivity contribution in [1.29, 1.82) is 0 Å². The molecule has 0 radical (unpaired) electrons. The first kappa shape index (κ1) is 12.8. The van der Waals surface area contributed by atoms with E-state index in [2.05, 4.69) is 39.1 Å². The number of aromatic nitrogens is 2. The highest BCUT2D eigenvalue weighted by atomic mass is 32.2. The van der Waals surface area contributed by atoms with E-state index in [9.17, 15) is 0 Å². The summed E-state index contributed by atoms with van der Waals surface area (Å²) in [6, 6.07) is 9.32. The summed E-state index contributed by atoms with van der Waals surface area (Å²) >= 11 is 2.02. The minimum absolute atomic E-state index is 0.512. The zero-order valence-electron chi connectivity index (χ0n) is 11.0. The van der Waals surface area contributed by atoms with Crippen LogP contribution in [0, 0.1) is 0 Å². The molecule has 0 saturated carbocycles. The summed E-state index contributed by atoms with van der Waals surface area (Å²) in [5.41, 5.74) is 2.98. The Morgan fingerprint density at radius 1 is 1.37 bits per heavy atom. The van der Waals surface area contributed by atoms with E-state index >= 15 is 0 Å². The Morgan fingerprint density at radius 3 is 3.21 bits per heavy atom. The normalized spacial score (nSPS) is 18.2. The number of nitrogens with one attached hydrogen (secondary N) is 1. The molecule has 3 rings (SSSR count). The van der Waals surface area contributed by atoms with Crippen molar-refractivity contribution in [3.05, 3.63) is 54.1 Å². The van der Waals surface area contributed by atoms with Gasteiger partial charge in [0.2, 0.25) is 0 Å². The lowest BCUT2D eigenvalue weighted by atomic mass is 10.0. The number of hydrogen-bond donors (Lipinski definition) is 1. The van der Waals surface area contributed by atoms with Crippen LogP contribution in [0.25, 0.3) is 0 Å². The summed E-state index contributed by atoms with van der Waals surface area (Å²) < 4.78 is 2.13. The highest BCUT2D eigenvalue weighted by molar-refractivity contribution is 7.98. The standard InChI is InChI=1S/C15H19N3S/c1-2-5-14-13(4-1)10-19-11-15(14)17-6-3-8-18-9-7-16-12-18/h1-2,4-5,7,9,12,15,17H,3,6,8,10-11H2. The van der Waals surface area contributed by atoms with Crippen molar-refractivity contribution in [3.8, 4) is 0 Å². The second kappa shape index (κ2) is 6.26. The van der Waals surface area contributed by atoms with Crippen LogP contribution in [0.2, 0.25) is 0 Å². The molecule has 1 N–H and O–H groups in total. The molecule has 19 heavy (non-hydrogen) atoms. The Balaban J connectivity index is 1.51. The van der Waals surface area contributed by atoms with Gasteiger partial charge in [-0.1, -0.05) is 24.3 Å². The number of hydrogen-bond acceptors (Lipinski definition) is 3. The average Bonchev–Trinajstić information content (AvgIpc) is 2.97. The van der Waals surface area contributed by atoms with Crippen molar-refractivity contribution in [1.82, 2.24) is 14.9 Å². The van der Waals surface area contributed by atoms with Gasteiger partial charge in [-0.15, -0.1) is 0 Å². The van der Waals surface area contributed by atoms with E-state index < -0.39 is 0 Å². The Morgan fingerprint density at radius 2 is 2.32 bits per heavy atom. The first-order chi connectivity index (χ1) is 9.43. The van der Waals surface area contributed by atoms with Crippen LogP contribution in [-0.2, 0) is 12.3 Å². The van der Waals surface area contributed by atoms with Gasteiger partial charge in [-0.25, -0.2) is 4.98 Å². The topological polar surface area (TPSA) is 29.9 Å². The number of benzene rings is 1. The van der Waals surface area contributed by atoms with Gasteiger partial charge in [-0.3, -0.25) is 0 Å². The van der Waals surface area contributed by atoms with Crippen LogP contribution in [0.3, 0.4) is 0 Å². The van der Waals surface area contributed by atoms with E-state index in [0.717, 1.165) is 25.3 Å². The van der Waals surface area contributed by atoms with Crippen molar-refractivity contribution in [3.63, 3.8) is 0 Å². The predicted octanol–water partition coefficient (Wildman–Crippen LogP) is 2.85. The molecule has 1 aromatic carbocycles. The third-order valence-electron chi connectivity index (χ3n) is 3.52. The van der Waals surface area contributed by atoms with Gasteiger partial charge >= 0.3 is 0 Å². The first-order valence-electron chi connectivity index (χ1n) is 6.78. The number of nitrogens with zero attached hydrogens (tertiary/aromatic N) is 2. The van der Waals surface area contributed by atoms with Crippen LogP contribution in [-0.4, -0.2) is 21.8 Å². The molecular weight excluding hydrogens is 254 g/mol. The van der Waals surface area contributed by atoms with Crippen molar-refractivity contribution < 1.29 is 0 Å². The zero-order valence-corrected chi connectivity index (χ0v) is 11.8. The predicted molar refractivity (Wildman–Crippen MR) is 80.2 cm³/mol. The second-order valence-corrected chi connectivity index (χ2v) is 5.90. The molecule has 1 aliphatic rings. The molecule has 1 aliphatic heterocycles. The van der Waals surface area contributed by atoms with Crippen LogP contribution in [0.15, 0.2) is 43.0 Å². The summed E-state index contributed by atoms with van der Waals surface area (Å²) in [5, 5.41) is 3.69. The maximum absolute atomic E-state index is 4.06. The highest BCUT2D eigenvalue weighted by Crippen LogP contribution is 2.31. The zero-order chi connectivity index (χ0) is 12.9. The molecule has 0 saturated heterocycles. The van der Waals surface area contributed by atoms with E-state index in [1.807, 2.05) is 30.5 Å². The number of imidazole rings is 1. The highest BCUT2D eigenvalue weighted by Gasteiger charge is 2.18. The molecular formula is C15H19N3S. The minimum Gasteiger partial charge on any atom is -0.337 e. The van der Waals surface area contributed by atoms with E-state index in [1.165, 1.54) is 16.9 Å². The molecule has 100 valence electrons. The number of rotatable bonds is 5. The summed E-state index contributed by atoms with van der Waals surface area (Å²) in [4.78, 5) is 4.06. The largest absolute Gasteiger partial charge is 0.337 e. The number of thioether (sulfide) groups is 1. The van der Waals surface area contributed by atoms with Crippen molar-refractivity contribution in [2.45, 2.75) is 24.8 Å². The quantitative estimate of drug-likeness (QED) is 0.850. The summed E-state index contributed by atoms with van der Waals surface area (Å²) in [6.07, 6.45) is 6.87. The van der Waals surface area contributed by atoms with E-state index in [4.69, 9.17) is 0 Å². The molecule has 0 bridgehead atoms. The van der Waals surface area contributed by atoms with Gasteiger partial charge in [-0.2, -0.15) is 11.8 Å². The number of fused-ring (bicyclic) bond motifs is 1. The summed E-state index contributed by atoms with van der Waals surface area (Å²) in [5.74, 6) is 2.34. The molecule has 0 aliphatic carbocycles. The third kappa shape index (κ3) is 3.19. The van der Waals surface area contributed by atoms with E-state index in [0.29, 0.717) is 6.04 Å². The maximum Gasteiger partial charge on any atom is 0.0945 e. The molecule has 1 unspecified atom stereocenters. The molecule has 0 spiro atoms. The fraction of sp³-hybridized carbons (Fsp3) is 0.400. The van der Waals surface area contributed by atoms with Crippen molar-refractivity contribution >= 4 is 11.8 Å². The van der Waals surface area contributed by atoms with Crippen LogP contribution in [0.5, 0.6) is 0 Å². The fourth-order valence-electron chi connectivity index (χ4n) is 2.51. The molecule has 3 nitrogen and oxygen atoms in total. The number of aryl methyl sites for hydroxylation is 1. The lowest BCUT2D eigenvalue weighted by molar-refractivity contribution is 0.527. The summed E-state index contributed by atoms with van der Waals surface area (Å²) in [7, 11) is 0. The Hall–Kier alpha value is -1.26. The van der Waals surface area contributed by atoms with E-state index in [-0.39, 0.29) is 0 Å². The van der Waals surface area contributed by atoms with Crippen molar-refractivity contribution in [2.24, 2.45) is 0 Å². The van der Waals surface area contributed by atoms with Crippen LogP contribution in [0.1, 0.15) is 23.6 Å². The first-order valence-corrected chi connectivity index (χ1v) is 7.93. The molecule has 0 amide bonds. The fourth-order valence-corrected chi connectivity index (χ4v) is 3.64. The van der Waals surface area contributed by atoms with E-state index in [1.54, 1.807) is 0 Å². The van der Waals surface area contributed by atoms with Crippen molar-refractivity contribution in [2.75, 3.05) is 12.3 Å². The second-order valence-electron chi connectivity index (χ2n) is 4.87. The maximum atomic E-state index is 4.06. The SMILES string of the molecule is c1ccc2c(c1)CSCC2NCCCn1ccnc1. The molecule has 1 atom stereocenters. The average molecular weight is 273 g/mol. The molecule has 0 fully saturated rings. The Bertz CT molecular complexity index is 510. The van der Waals surface area contributed by atoms with Crippen LogP contribution in [0.4, 0.5) is 0 Å². The lowest BCUT2D eigenvalue weighted by Crippen LogP contribution is -2.28. The molecule has 1 aromatic heterocycles. The van der Waals surface area contributed by atoms with Gasteiger partial charge in [-0.05, 0) is 24.1 Å². The minimum atomic E-state index is 0.512. The van der Waals surface area contributed by atoms with Gasteiger partial charge in [0.15, 0.2) is 0 Å². The molecule has 2 heterocycles. The summed E-state index contributed by atoms with van der Waals surface area (Å²) in [6.45, 7) is 2.09. The van der Waals surface area contributed by atoms with Gasteiger partial charge in [0.05, 0.1) is 6.33 Å². The van der Waals surface area contributed by atoms with Gasteiger partial charge < -0.3 is 9.88 Å². The van der Waals surface area contributed by atoms with Crippen LogP contribution < -0.4 is 5.32 Å². The monoisotopic (exact) mass is 273 g/mol. The third-order valence-corrected chi connectivity index (χ3v) is 4.60.